The fraction of sp³-hybridized carbons (Fsp3) is 0.823. The third kappa shape index (κ3) is 21.7. The summed E-state index contributed by atoms with van der Waals surface area (Å²) in [7, 11) is 9.68. The first-order valence-corrected chi connectivity index (χ1v) is 31.0. The summed E-state index contributed by atoms with van der Waals surface area (Å²) in [5.41, 5.74) is 0. The number of hydrogen-bond donors (Lipinski definition) is 6. The van der Waals surface area contributed by atoms with Gasteiger partial charge < -0.3 is 65.8 Å². The summed E-state index contributed by atoms with van der Waals surface area (Å²) >= 11 is 0. The van der Waals surface area contributed by atoms with Gasteiger partial charge in [0.05, 0.1) is 18.8 Å². The first-order valence-electron chi connectivity index (χ1n) is 31.0. The highest BCUT2D eigenvalue weighted by Gasteiger charge is 2.46. The molecule has 0 saturated carbocycles. The van der Waals surface area contributed by atoms with Crippen LogP contribution in [0.15, 0.2) is 0 Å². The maximum Gasteiger partial charge on any atom is 0.248 e. The number of unbranched alkanes of at least 4 members (excludes halogenated alkanes) is 1. The summed E-state index contributed by atoms with van der Waals surface area (Å²) in [5, 5.41) is 34.1. The summed E-state index contributed by atoms with van der Waals surface area (Å²) in [6, 6.07) is -13.1. The molecule has 86 heavy (non-hydrogen) atoms. The van der Waals surface area contributed by atoms with Crippen molar-refractivity contribution in [1.29, 1.82) is 0 Å². The Morgan fingerprint density at radius 2 is 0.814 bits per heavy atom. The third-order valence-electron chi connectivity index (χ3n) is 16.4. The summed E-state index contributed by atoms with van der Waals surface area (Å²) in [6.07, 6.45) is -0.752. The van der Waals surface area contributed by atoms with Gasteiger partial charge in [-0.15, -0.1) is 0 Å². The SMILES string of the molecule is CCCC[C@@H](C)[C@@H](O)C1C(=O)NC(C(C)O)C(=O)N(C)CC(=O)N(C)C(CC(C)C)C(=O)NC(C(C)C)C(=O)N(C)C(CC(C)C)C(=O)NC(C)C(=O)NC(C)C(=O)N(C)C(CC(C)C)C(=O)N(C)C(CC(C)C)C(=O)N(C)C(C(C)C)C(=O)N1C. The minimum Gasteiger partial charge on any atom is -0.391 e. The molecule has 0 bridgehead atoms. The maximum absolute atomic E-state index is 15.2. The molecular weight excluding hydrogens is 1110 g/mol. The Kier molecular flexibility index (Phi) is 31.9. The van der Waals surface area contributed by atoms with Crippen molar-refractivity contribution in [3.05, 3.63) is 0 Å². The monoisotopic (exact) mass is 1220 g/mol. The molecule has 11 amide bonds. The lowest BCUT2D eigenvalue weighted by atomic mass is 9.90. The largest absolute Gasteiger partial charge is 0.391 e. The summed E-state index contributed by atoms with van der Waals surface area (Å²) in [5.74, 6) is -10.5. The van der Waals surface area contributed by atoms with Gasteiger partial charge >= 0.3 is 0 Å². The normalized spacial score (nSPS) is 27.0. The molecule has 24 heteroatoms. The molecule has 0 aromatic carbocycles. The molecule has 24 nitrogen and oxygen atoms in total. The zero-order valence-electron chi connectivity index (χ0n) is 56.6. The number of aliphatic hydroxyl groups is 2. The molecule has 0 aromatic rings. The zero-order valence-corrected chi connectivity index (χ0v) is 56.6. The van der Waals surface area contributed by atoms with Gasteiger partial charge in [0.1, 0.15) is 60.4 Å². The number of carbonyl (C=O) groups excluding carboxylic acids is 11. The van der Waals surface area contributed by atoms with Crippen molar-refractivity contribution < 1.29 is 63.0 Å². The van der Waals surface area contributed by atoms with Crippen molar-refractivity contribution in [2.45, 2.75) is 235 Å². The second-order valence-corrected chi connectivity index (χ2v) is 26.7. The highest BCUT2D eigenvalue weighted by atomic mass is 16.3. The van der Waals surface area contributed by atoms with Gasteiger partial charge in [-0.25, -0.2) is 0 Å². The van der Waals surface area contributed by atoms with Crippen LogP contribution in [0.4, 0.5) is 0 Å². The fourth-order valence-electron chi connectivity index (χ4n) is 10.9. The molecule has 1 aliphatic rings. The quantitative estimate of drug-likeness (QED) is 0.130. The number of nitrogens with one attached hydrogen (secondary N) is 4. The summed E-state index contributed by atoms with van der Waals surface area (Å²) in [4.78, 5) is 168. The van der Waals surface area contributed by atoms with Gasteiger partial charge in [0.25, 0.3) is 0 Å². The van der Waals surface area contributed by atoms with E-state index in [1.165, 1.54) is 89.7 Å². The van der Waals surface area contributed by atoms with Crippen molar-refractivity contribution in [1.82, 2.24) is 55.6 Å². The molecule has 0 radical (unpaired) electrons. The number of aliphatic hydroxyl groups excluding tert-OH is 2. The van der Waals surface area contributed by atoms with Gasteiger partial charge in [-0.2, -0.15) is 0 Å². The number of amides is 11. The van der Waals surface area contributed by atoms with E-state index in [0.29, 0.717) is 12.8 Å². The van der Waals surface area contributed by atoms with Crippen LogP contribution in [0.3, 0.4) is 0 Å². The van der Waals surface area contributed by atoms with Crippen molar-refractivity contribution in [2.75, 3.05) is 55.9 Å². The highest BCUT2D eigenvalue weighted by Crippen LogP contribution is 2.26. The van der Waals surface area contributed by atoms with Gasteiger partial charge in [0.2, 0.25) is 65.0 Å². The molecule has 11 unspecified atom stereocenters. The van der Waals surface area contributed by atoms with Crippen LogP contribution in [-0.2, 0) is 52.7 Å². The summed E-state index contributed by atoms with van der Waals surface area (Å²) < 4.78 is 0. The van der Waals surface area contributed by atoms with E-state index in [0.717, 1.165) is 21.1 Å². The molecule has 1 fully saturated rings. The van der Waals surface area contributed by atoms with Crippen LogP contribution >= 0.6 is 0 Å². The number of nitrogens with zero attached hydrogens (tertiary/aromatic N) is 7. The van der Waals surface area contributed by atoms with E-state index < -0.39 is 162 Å². The molecule has 1 aliphatic heterocycles. The van der Waals surface area contributed by atoms with Gasteiger partial charge in [-0.1, -0.05) is 110 Å². The lowest BCUT2D eigenvalue weighted by molar-refractivity contribution is -0.157. The molecule has 1 rings (SSSR count). The van der Waals surface area contributed by atoms with Crippen molar-refractivity contribution in [3.8, 4) is 0 Å². The lowest BCUT2D eigenvalue weighted by Crippen LogP contribution is -2.64. The van der Waals surface area contributed by atoms with Gasteiger partial charge in [0.15, 0.2) is 0 Å². The van der Waals surface area contributed by atoms with Gasteiger partial charge in [-0.05, 0) is 94.3 Å². The predicted octanol–water partition coefficient (Wildman–Crippen LogP) is 2.46. The Balaban J connectivity index is 4.36. The first-order chi connectivity index (χ1) is 39.6. The maximum atomic E-state index is 15.2. The van der Waals surface area contributed by atoms with E-state index in [1.807, 2.05) is 62.3 Å². The molecule has 0 spiro atoms. The number of hydrogen-bond acceptors (Lipinski definition) is 13. The van der Waals surface area contributed by atoms with E-state index in [9.17, 15) is 53.4 Å². The average molecular weight is 1220 g/mol. The molecule has 494 valence electrons. The molecule has 6 N–H and O–H groups in total. The first kappa shape index (κ1) is 78.1. The van der Waals surface area contributed by atoms with Crippen LogP contribution in [-0.4, -0.2) is 238 Å². The second-order valence-electron chi connectivity index (χ2n) is 26.7. The Bertz CT molecular complexity index is 2310. The second kappa shape index (κ2) is 35.2. The average Bonchev–Trinajstić information content (AvgIpc) is 2.16. The topological polar surface area (TPSA) is 299 Å². The summed E-state index contributed by atoms with van der Waals surface area (Å²) in [6.45, 7) is 28.8. The van der Waals surface area contributed by atoms with Crippen molar-refractivity contribution in [3.63, 3.8) is 0 Å². The molecule has 1 heterocycles. The van der Waals surface area contributed by atoms with Gasteiger partial charge in [0, 0.05) is 49.3 Å². The van der Waals surface area contributed by atoms with Crippen LogP contribution in [0, 0.1) is 41.4 Å². The third-order valence-corrected chi connectivity index (χ3v) is 16.4. The minimum atomic E-state index is -1.73. The van der Waals surface area contributed by atoms with E-state index in [1.54, 1.807) is 34.6 Å². The Hall–Kier alpha value is -5.91. The zero-order chi connectivity index (χ0) is 66.8. The van der Waals surface area contributed by atoms with Crippen LogP contribution < -0.4 is 21.3 Å². The van der Waals surface area contributed by atoms with Crippen molar-refractivity contribution in [2.24, 2.45) is 41.4 Å². The van der Waals surface area contributed by atoms with Crippen LogP contribution in [0.5, 0.6) is 0 Å². The molecule has 0 aromatic heterocycles. The fourth-order valence-corrected chi connectivity index (χ4v) is 10.9. The number of carbonyl (C=O) groups is 11. The van der Waals surface area contributed by atoms with Crippen LogP contribution in [0.25, 0.3) is 0 Å². The molecule has 0 aliphatic carbocycles. The van der Waals surface area contributed by atoms with E-state index in [2.05, 4.69) is 21.3 Å². The molecule has 13 atom stereocenters. The van der Waals surface area contributed by atoms with E-state index >= 15 is 9.59 Å². The Morgan fingerprint density at radius 1 is 0.419 bits per heavy atom. The highest BCUT2D eigenvalue weighted by molar-refractivity contribution is 5.99. The number of rotatable bonds is 16. The number of likely N-dealkylation sites (N-methyl/N-ethyl adjacent to an activating group) is 7. The van der Waals surface area contributed by atoms with E-state index in [-0.39, 0.29) is 49.4 Å². The molecule has 1 saturated heterocycles. The minimum absolute atomic E-state index is 0.117. The van der Waals surface area contributed by atoms with Crippen molar-refractivity contribution >= 4 is 65.0 Å². The van der Waals surface area contributed by atoms with Crippen LogP contribution in [0.1, 0.15) is 163 Å². The smallest absolute Gasteiger partial charge is 0.248 e. The standard InChI is InChI=1S/C62H113N11O13/c1-25-26-27-39(14)52(76)51-56(80)66-49(42(17)74)60(84)67(18)32-47(75)68(19)43(28-33(2)3)55(79)65-48(37(10)11)61(85)69(20)44(29-34(4)5)54(78)63-40(15)53(77)64-41(16)57(81)70(21)45(30-35(6)7)58(82)71(22)46(31-36(8)9)59(83)72(23)50(38(12)13)62(86)73(51)24/h33-46,48-52,74,76H,25-32H2,1-24H3,(H,63,78)(H,64,77)(H,65,79)(H,66,80)/t39-,40?,41?,42?,43?,44?,45?,46?,48?,49?,50?,51?,52-/m1/s1. The lowest BCUT2D eigenvalue weighted by Gasteiger charge is -2.41. The van der Waals surface area contributed by atoms with Crippen LogP contribution in [0.2, 0.25) is 0 Å². The Morgan fingerprint density at radius 3 is 1.26 bits per heavy atom. The Labute approximate surface area is 514 Å². The predicted molar refractivity (Wildman–Crippen MR) is 330 cm³/mol. The van der Waals surface area contributed by atoms with Gasteiger partial charge in [-0.3, -0.25) is 52.7 Å². The van der Waals surface area contributed by atoms with E-state index in [4.69, 9.17) is 0 Å². The molecular formula is C62H113N11O13.